The van der Waals surface area contributed by atoms with Gasteiger partial charge in [0.1, 0.15) is 0 Å². The Labute approximate surface area is 121 Å². The Balaban J connectivity index is 2.21. The van der Waals surface area contributed by atoms with Gasteiger partial charge in [-0.05, 0) is 26.8 Å². The third-order valence-corrected chi connectivity index (χ3v) is 3.63. The lowest BCUT2D eigenvalue weighted by Gasteiger charge is -2.09. The molecule has 0 unspecified atom stereocenters. The first kappa shape index (κ1) is 14.8. The van der Waals surface area contributed by atoms with E-state index < -0.39 is 0 Å². The Morgan fingerprint density at radius 2 is 1.90 bits per heavy atom. The largest absolute Gasteiger partial charge is 0.310 e. The van der Waals surface area contributed by atoms with Crippen LogP contribution in [0.15, 0.2) is 6.07 Å². The van der Waals surface area contributed by atoms with E-state index in [0.717, 1.165) is 24.5 Å². The van der Waals surface area contributed by atoms with Gasteiger partial charge in [-0.15, -0.1) is 0 Å². The molecule has 5 heteroatoms. The van der Waals surface area contributed by atoms with E-state index in [2.05, 4.69) is 54.0 Å². The van der Waals surface area contributed by atoms with Crippen LogP contribution in [0.5, 0.6) is 0 Å². The standard InChI is InChI=1S/C15H25N5/c1-10(2)16-8-15-12(4)18-20(13(15)5)9-14-7-11(3)17-19(14)6/h7,10,16H,8-9H2,1-6H3. The van der Waals surface area contributed by atoms with E-state index in [-0.39, 0.29) is 0 Å². The van der Waals surface area contributed by atoms with Crippen LogP contribution in [0, 0.1) is 20.8 Å². The summed E-state index contributed by atoms with van der Waals surface area (Å²) in [5.74, 6) is 0. The van der Waals surface area contributed by atoms with Crippen molar-refractivity contribution >= 4 is 0 Å². The maximum absolute atomic E-state index is 4.67. The van der Waals surface area contributed by atoms with Crippen molar-refractivity contribution in [3.63, 3.8) is 0 Å². The Kier molecular flexibility index (Phi) is 4.28. The fraction of sp³-hybridized carbons (Fsp3) is 0.600. The Bertz CT molecular complexity index is 592. The van der Waals surface area contributed by atoms with E-state index in [4.69, 9.17) is 0 Å². The molecule has 0 bridgehead atoms. The monoisotopic (exact) mass is 275 g/mol. The van der Waals surface area contributed by atoms with Crippen LogP contribution in [0.4, 0.5) is 0 Å². The van der Waals surface area contributed by atoms with Crippen LogP contribution in [0.1, 0.15) is 42.2 Å². The van der Waals surface area contributed by atoms with Crippen molar-refractivity contribution in [1.82, 2.24) is 24.9 Å². The highest BCUT2D eigenvalue weighted by Crippen LogP contribution is 2.15. The van der Waals surface area contributed by atoms with Gasteiger partial charge in [-0.2, -0.15) is 10.2 Å². The molecule has 2 aromatic heterocycles. The third-order valence-electron chi connectivity index (χ3n) is 3.63. The molecular formula is C15H25N5. The van der Waals surface area contributed by atoms with Crippen LogP contribution < -0.4 is 5.32 Å². The van der Waals surface area contributed by atoms with Gasteiger partial charge in [0.25, 0.3) is 0 Å². The van der Waals surface area contributed by atoms with Crippen molar-refractivity contribution in [2.24, 2.45) is 7.05 Å². The summed E-state index contributed by atoms with van der Waals surface area (Å²) in [4.78, 5) is 0. The molecule has 0 radical (unpaired) electrons. The summed E-state index contributed by atoms with van der Waals surface area (Å²) in [6, 6.07) is 2.60. The first-order valence-electron chi connectivity index (χ1n) is 7.14. The van der Waals surface area contributed by atoms with Crippen molar-refractivity contribution in [3.05, 3.63) is 34.4 Å². The molecule has 0 saturated heterocycles. The van der Waals surface area contributed by atoms with Gasteiger partial charge in [0.05, 0.1) is 23.6 Å². The summed E-state index contributed by atoms with van der Waals surface area (Å²) in [6.07, 6.45) is 0. The number of aryl methyl sites for hydroxylation is 3. The number of hydrogen-bond acceptors (Lipinski definition) is 3. The van der Waals surface area contributed by atoms with Gasteiger partial charge in [0.15, 0.2) is 0 Å². The molecule has 0 saturated carbocycles. The lowest BCUT2D eigenvalue weighted by molar-refractivity contribution is 0.581. The Morgan fingerprint density at radius 3 is 2.45 bits per heavy atom. The molecule has 2 rings (SSSR count). The summed E-state index contributed by atoms with van der Waals surface area (Å²) < 4.78 is 4.00. The van der Waals surface area contributed by atoms with Gasteiger partial charge in [-0.25, -0.2) is 0 Å². The molecule has 0 amide bonds. The maximum Gasteiger partial charge on any atom is 0.0831 e. The smallest absolute Gasteiger partial charge is 0.0831 e. The molecule has 20 heavy (non-hydrogen) atoms. The normalized spacial score (nSPS) is 11.6. The van der Waals surface area contributed by atoms with E-state index in [1.54, 1.807) is 0 Å². The molecule has 110 valence electrons. The highest BCUT2D eigenvalue weighted by molar-refractivity contribution is 5.25. The summed E-state index contributed by atoms with van der Waals surface area (Å²) >= 11 is 0. The maximum atomic E-state index is 4.67. The average Bonchev–Trinajstić information content (AvgIpc) is 2.79. The molecule has 2 heterocycles. The lowest BCUT2D eigenvalue weighted by atomic mass is 10.2. The summed E-state index contributed by atoms with van der Waals surface area (Å²) in [5.41, 5.74) is 5.86. The lowest BCUT2D eigenvalue weighted by Crippen LogP contribution is -2.22. The van der Waals surface area contributed by atoms with E-state index >= 15 is 0 Å². The zero-order valence-corrected chi connectivity index (χ0v) is 13.4. The van der Waals surface area contributed by atoms with E-state index in [1.165, 1.54) is 17.0 Å². The van der Waals surface area contributed by atoms with Crippen LogP contribution >= 0.6 is 0 Å². The summed E-state index contributed by atoms with van der Waals surface area (Å²) in [5, 5.41) is 12.5. The second kappa shape index (κ2) is 5.79. The number of rotatable bonds is 5. The van der Waals surface area contributed by atoms with Gasteiger partial charge in [0, 0.05) is 30.9 Å². The minimum Gasteiger partial charge on any atom is -0.310 e. The molecule has 0 aromatic carbocycles. The van der Waals surface area contributed by atoms with Crippen molar-refractivity contribution in [2.45, 2.75) is 53.8 Å². The molecular weight excluding hydrogens is 250 g/mol. The number of nitrogens with zero attached hydrogens (tertiary/aromatic N) is 4. The Hall–Kier alpha value is -1.62. The SMILES string of the molecule is Cc1cc(Cn2nc(C)c(CNC(C)C)c2C)n(C)n1. The van der Waals surface area contributed by atoms with Crippen LogP contribution in [0.2, 0.25) is 0 Å². The van der Waals surface area contributed by atoms with Crippen LogP contribution in [-0.2, 0) is 20.1 Å². The van der Waals surface area contributed by atoms with Gasteiger partial charge in [0.2, 0.25) is 0 Å². The average molecular weight is 275 g/mol. The predicted molar refractivity (Wildman–Crippen MR) is 80.7 cm³/mol. The second-order valence-corrected chi connectivity index (χ2v) is 5.74. The third kappa shape index (κ3) is 3.10. The number of aromatic nitrogens is 4. The topological polar surface area (TPSA) is 47.7 Å². The van der Waals surface area contributed by atoms with E-state index in [9.17, 15) is 0 Å². The molecule has 0 fully saturated rings. The van der Waals surface area contributed by atoms with Crippen LogP contribution in [0.25, 0.3) is 0 Å². The van der Waals surface area contributed by atoms with Crippen LogP contribution in [-0.4, -0.2) is 25.6 Å². The van der Waals surface area contributed by atoms with Gasteiger partial charge in [-0.1, -0.05) is 13.8 Å². The first-order valence-corrected chi connectivity index (χ1v) is 7.14. The minimum absolute atomic E-state index is 0.483. The van der Waals surface area contributed by atoms with Crippen LogP contribution in [0.3, 0.4) is 0 Å². The molecule has 5 nitrogen and oxygen atoms in total. The summed E-state index contributed by atoms with van der Waals surface area (Å²) in [7, 11) is 1.98. The Morgan fingerprint density at radius 1 is 1.20 bits per heavy atom. The van der Waals surface area contributed by atoms with Crippen molar-refractivity contribution in [1.29, 1.82) is 0 Å². The molecule has 0 atom stereocenters. The zero-order valence-electron chi connectivity index (χ0n) is 13.4. The fourth-order valence-corrected chi connectivity index (χ4v) is 2.42. The first-order chi connectivity index (χ1) is 9.38. The highest BCUT2D eigenvalue weighted by Gasteiger charge is 2.13. The number of nitrogens with one attached hydrogen (secondary N) is 1. The van der Waals surface area contributed by atoms with Crippen molar-refractivity contribution in [3.8, 4) is 0 Å². The van der Waals surface area contributed by atoms with Gasteiger partial charge < -0.3 is 5.32 Å². The number of hydrogen-bond donors (Lipinski definition) is 1. The van der Waals surface area contributed by atoms with E-state index in [1.807, 2.05) is 18.7 Å². The predicted octanol–water partition coefficient (Wildman–Crippen LogP) is 2.09. The fourth-order valence-electron chi connectivity index (χ4n) is 2.42. The molecule has 2 aromatic rings. The zero-order chi connectivity index (χ0) is 14.9. The molecule has 0 aliphatic heterocycles. The quantitative estimate of drug-likeness (QED) is 0.909. The molecule has 0 spiro atoms. The van der Waals surface area contributed by atoms with Crippen molar-refractivity contribution in [2.75, 3.05) is 0 Å². The minimum atomic E-state index is 0.483. The second-order valence-electron chi connectivity index (χ2n) is 5.74. The highest BCUT2D eigenvalue weighted by atomic mass is 15.3. The molecule has 0 aliphatic rings. The molecule has 1 N–H and O–H groups in total. The summed E-state index contributed by atoms with van der Waals surface area (Å²) in [6.45, 7) is 12.2. The van der Waals surface area contributed by atoms with Gasteiger partial charge in [-0.3, -0.25) is 9.36 Å². The van der Waals surface area contributed by atoms with E-state index in [0.29, 0.717) is 6.04 Å². The molecule has 0 aliphatic carbocycles. The van der Waals surface area contributed by atoms with Gasteiger partial charge >= 0.3 is 0 Å². The van der Waals surface area contributed by atoms with Crippen molar-refractivity contribution < 1.29 is 0 Å².